The molecule has 0 aliphatic heterocycles. The van der Waals surface area contributed by atoms with E-state index in [0.717, 1.165) is 10.8 Å². The van der Waals surface area contributed by atoms with Crippen molar-refractivity contribution in [2.24, 2.45) is 0 Å². The first-order valence-corrected chi connectivity index (χ1v) is 5.21. The van der Waals surface area contributed by atoms with E-state index in [1.807, 2.05) is 12.1 Å². The summed E-state index contributed by atoms with van der Waals surface area (Å²) in [6.45, 7) is 0. The van der Waals surface area contributed by atoms with Crippen LogP contribution < -0.4 is 0 Å². The van der Waals surface area contributed by atoms with E-state index in [4.69, 9.17) is 25.7 Å². The summed E-state index contributed by atoms with van der Waals surface area (Å²) in [4.78, 5) is 0. The van der Waals surface area contributed by atoms with Gasteiger partial charge in [0.1, 0.15) is 0 Å². The SMILES string of the molecule is C#Cc1cc(C#C)c2c(C#C)cc(C#C)cc2c1. The second kappa shape index (κ2) is 4.44. The molecule has 18 heavy (non-hydrogen) atoms. The molecule has 0 unspecified atom stereocenters. The number of terminal acetylenes is 4. The molecule has 2 aromatic carbocycles. The van der Waals surface area contributed by atoms with Crippen molar-refractivity contribution in [3.8, 4) is 49.4 Å². The largest absolute Gasteiger partial charge is 0.115 e. The molecule has 0 aromatic heterocycles. The van der Waals surface area contributed by atoms with Crippen molar-refractivity contribution in [1.82, 2.24) is 0 Å². The molecule has 2 aromatic rings. The number of fused-ring (bicyclic) bond motifs is 1. The van der Waals surface area contributed by atoms with Crippen molar-refractivity contribution in [3.63, 3.8) is 0 Å². The molecular weight excluding hydrogens is 216 g/mol. The topological polar surface area (TPSA) is 0 Å². The molecule has 0 amide bonds. The summed E-state index contributed by atoms with van der Waals surface area (Å²) in [5, 5.41) is 1.72. The van der Waals surface area contributed by atoms with Gasteiger partial charge in [-0.2, -0.15) is 0 Å². The highest BCUT2D eigenvalue weighted by Gasteiger charge is 2.07. The fraction of sp³-hybridized carbons (Fsp3) is 0. The third-order valence-electron chi connectivity index (χ3n) is 2.69. The predicted octanol–water partition coefficient (Wildman–Crippen LogP) is 2.77. The highest BCUT2D eigenvalue weighted by Crippen LogP contribution is 2.25. The van der Waals surface area contributed by atoms with Crippen molar-refractivity contribution >= 4 is 10.8 Å². The summed E-state index contributed by atoms with van der Waals surface area (Å²) in [5.41, 5.74) is 2.81. The van der Waals surface area contributed by atoms with E-state index in [1.54, 1.807) is 12.1 Å². The van der Waals surface area contributed by atoms with Crippen LogP contribution in [0.3, 0.4) is 0 Å². The molecule has 0 spiro atoms. The summed E-state index contributed by atoms with van der Waals surface area (Å²) in [7, 11) is 0. The number of hydrogen-bond donors (Lipinski definition) is 0. The van der Waals surface area contributed by atoms with Gasteiger partial charge in [0.2, 0.25) is 0 Å². The van der Waals surface area contributed by atoms with Crippen LogP contribution in [0.25, 0.3) is 10.8 Å². The number of hydrogen-bond acceptors (Lipinski definition) is 0. The van der Waals surface area contributed by atoms with Crippen LogP contribution in [0, 0.1) is 49.4 Å². The van der Waals surface area contributed by atoms with Gasteiger partial charge in [-0.05, 0) is 29.7 Å². The second-order valence-corrected chi connectivity index (χ2v) is 3.72. The Labute approximate surface area is 107 Å². The fourth-order valence-corrected chi connectivity index (χ4v) is 1.91. The number of rotatable bonds is 0. The Morgan fingerprint density at radius 1 is 0.611 bits per heavy atom. The van der Waals surface area contributed by atoms with Crippen molar-refractivity contribution in [1.29, 1.82) is 0 Å². The smallest absolute Gasteiger partial charge is 0.0346 e. The average Bonchev–Trinajstić information content (AvgIpc) is 2.44. The first-order valence-electron chi connectivity index (χ1n) is 5.21. The molecule has 0 N–H and O–H groups in total. The molecule has 80 valence electrons. The van der Waals surface area contributed by atoms with Gasteiger partial charge in [-0.25, -0.2) is 0 Å². The normalized spacial score (nSPS) is 8.89. The highest BCUT2D eigenvalue weighted by atomic mass is 14.1. The molecule has 0 nitrogen and oxygen atoms in total. The van der Waals surface area contributed by atoms with Crippen LogP contribution >= 0.6 is 0 Å². The highest BCUT2D eigenvalue weighted by molar-refractivity contribution is 5.95. The molecule has 0 aliphatic rings. The van der Waals surface area contributed by atoms with E-state index in [0.29, 0.717) is 22.3 Å². The zero-order valence-corrected chi connectivity index (χ0v) is 9.62. The van der Waals surface area contributed by atoms with Crippen LogP contribution in [0.4, 0.5) is 0 Å². The lowest BCUT2D eigenvalue weighted by Crippen LogP contribution is -1.89. The van der Waals surface area contributed by atoms with Gasteiger partial charge in [-0.15, -0.1) is 25.7 Å². The maximum Gasteiger partial charge on any atom is 0.0346 e. The molecule has 0 heteroatoms. The molecule has 0 atom stereocenters. The van der Waals surface area contributed by atoms with E-state index < -0.39 is 0 Å². The van der Waals surface area contributed by atoms with E-state index in [-0.39, 0.29) is 0 Å². The maximum atomic E-state index is 5.51. The molecule has 0 saturated heterocycles. The van der Waals surface area contributed by atoms with Crippen LogP contribution in [0.2, 0.25) is 0 Å². The van der Waals surface area contributed by atoms with Gasteiger partial charge in [-0.1, -0.05) is 23.7 Å². The van der Waals surface area contributed by atoms with Gasteiger partial charge in [0.25, 0.3) is 0 Å². The Morgan fingerprint density at radius 2 is 1.06 bits per heavy atom. The average molecular weight is 224 g/mol. The minimum absolute atomic E-state index is 0.692. The quantitative estimate of drug-likeness (QED) is 0.604. The van der Waals surface area contributed by atoms with Gasteiger partial charge in [0, 0.05) is 27.6 Å². The summed E-state index contributed by atoms with van der Waals surface area (Å²) in [6, 6.07) is 7.27. The van der Waals surface area contributed by atoms with Gasteiger partial charge in [-0.3, -0.25) is 0 Å². The number of benzene rings is 2. The predicted molar refractivity (Wildman–Crippen MR) is 75.7 cm³/mol. The lowest BCUT2D eigenvalue weighted by atomic mass is 9.95. The Balaban J connectivity index is 3.03. The molecule has 0 aliphatic carbocycles. The van der Waals surface area contributed by atoms with Crippen molar-refractivity contribution in [2.45, 2.75) is 0 Å². The molecule has 0 fully saturated rings. The lowest BCUT2D eigenvalue weighted by molar-refractivity contribution is 1.61. The molecule has 0 heterocycles. The van der Waals surface area contributed by atoms with Crippen LogP contribution in [0.1, 0.15) is 22.3 Å². The second-order valence-electron chi connectivity index (χ2n) is 3.72. The molecule has 0 saturated carbocycles. The van der Waals surface area contributed by atoms with Crippen molar-refractivity contribution in [3.05, 3.63) is 46.5 Å². The molecule has 0 radical (unpaired) electrons. The van der Waals surface area contributed by atoms with E-state index in [9.17, 15) is 0 Å². The third-order valence-corrected chi connectivity index (χ3v) is 2.69. The van der Waals surface area contributed by atoms with Gasteiger partial charge in [0.15, 0.2) is 0 Å². The first kappa shape index (κ1) is 11.4. The molecular formula is C18H8. The summed E-state index contributed by atoms with van der Waals surface area (Å²) in [5.74, 6) is 10.4. The van der Waals surface area contributed by atoms with Crippen LogP contribution in [-0.2, 0) is 0 Å². The zero-order valence-electron chi connectivity index (χ0n) is 9.62. The lowest BCUT2D eigenvalue weighted by Gasteiger charge is -2.07. The zero-order chi connectivity index (χ0) is 13.1. The van der Waals surface area contributed by atoms with Gasteiger partial charge >= 0.3 is 0 Å². The Kier molecular flexibility index (Phi) is 2.82. The fourth-order valence-electron chi connectivity index (χ4n) is 1.91. The van der Waals surface area contributed by atoms with E-state index in [2.05, 4.69) is 23.7 Å². The van der Waals surface area contributed by atoms with E-state index >= 15 is 0 Å². The molecule has 2 rings (SSSR count). The van der Waals surface area contributed by atoms with Gasteiger partial charge in [0.05, 0.1) is 0 Å². The maximum absolute atomic E-state index is 5.51. The summed E-state index contributed by atoms with van der Waals surface area (Å²) >= 11 is 0. The van der Waals surface area contributed by atoms with Crippen molar-refractivity contribution < 1.29 is 0 Å². The van der Waals surface area contributed by atoms with Crippen LogP contribution in [0.15, 0.2) is 24.3 Å². The molecule has 0 bridgehead atoms. The first-order chi connectivity index (χ1) is 8.73. The third kappa shape index (κ3) is 1.70. The van der Waals surface area contributed by atoms with Gasteiger partial charge < -0.3 is 0 Å². The minimum Gasteiger partial charge on any atom is -0.115 e. The Bertz CT molecular complexity index is 740. The summed E-state index contributed by atoms with van der Waals surface area (Å²) in [6.07, 6.45) is 21.8. The Morgan fingerprint density at radius 3 is 1.39 bits per heavy atom. The monoisotopic (exact) mass is 224 g/mol. The summed E-state index contributed by atoms with van der Waals surface area (Å²) < 4.78 is 0. The van der Waals surface area contributed by atoms with Crippen LogP contribution in [0.5, 0.6) is 0 Å². The standard InChI is InChI=1S/C18H8/c1-5-13-9-15(7-3)18-16(8-4)10-14(6-2)12-17(18)11-13/h1-4,9-12H. The van der Waals surface area contributed by atoms with Crippen LogP contribution in [-0.4, -0.2) is 0 Å². The van der Waals surface area contributed by atoms with E-state index in [1.165, 1.54) is 0 Å². The van der Waals surface area contributed by atoms with Crippen molar-refractivity contribution in [2.75, 3.05) is 0 Å². The Hall–Kier alpha value is -3.06. The minimum atomic E-state index is 0.692.